The average Bonchev–Trinajstić information content (AvgIpc) is 1.65. The summed E-state index contributed by atoms with van der Waals surface area (Å²) < 4.78 is 12.8. The van der Waals surface area contributed by atoms with Crippen LogP contribution in [0.25, 0.3) is 76.9 Å². The average molecular weight is 1120 g/mol. The minimum absolute atomic E-state index is 0.694. The van der Waals surface area contributed by atoms with Gasteiger partial charge < -0.3 is 18.6 Å². The number of furan rings is 2. The number of fused-ring (bicyclic) bond motifs is 13. The molecule has 2 aliphatic carbocycles. The van der Waals surface area contributed by atoms with Gasteiger partial charge in [0.25, 0.3) is 0 Å². The smallest absolute Gasteiger partial charge is 0.135 e. The number of anilines is 6. The Labute approximate surface area is 509 Å². The van der Waals surface area contributed by atoms with Crippen molar-refractivity contribution < 1.29 is 8.83 Å². The first-order valence-electron chi connectivity index (χ1n) is 30.3. The van der Waals surface area contributed by atoms with Crippen LogP contribution in [0, 0.1) is 0 Å². The minimum atomic E-state index is -0.694. The molecule has 0 N–H and O–H groups in total. The molecule has 0 saturated carbocycles. The number of hydrogen-bond acceptors (Lipinski definition) is 4. The summed E-state index contributed by atoms with van der Waals surface area (Å²) in [6, 6.07) is 121. The molecule has 0 radical (unpaired) electrons. The second-order valence-corrected chi connectivity index (χ2v) is 23.5. The molecule has 0 unspecified atom stereocenters. The molecule has 0 atom stereocenters. The van der Waals surface area contributed by atoms with Gasteiger partial charge in [-0.05, 0) is 199 Å². The topological polar surface area (TPSA) is 32.8 Å². The molecule has 14 aromatic carbocycles. The summed E-state index contributed by atoms with van der Waals surface area (Å²) in [5, 5.41) is 6.75. The third-order valence-corrected chi connectivity index (χ3v) is 18.9. The van der Waals surface area contributed by atoms with E-state index in [1.165, 1.54) is 77.5 Å². The van der Waals surface area contributed by atoms with Crippen LogP contribution in [0.2, 0.25) is 0 Å². The third-order valence-electron chi connectivity index (χ3n) is 18.9. The molecule has 4 nitrogen and oxygen atoms in total. The van der Waals surface area contributed by atoms with E-state index in [2.05, 4.69) is 325 Å². The van der Waals surface area contributed by atoms with Crippen molar-refractivity contribution in [3.63, 3.8) is 0 Å². The minimum Gasteiger partial charge on any atom is -0.456 e. The van der Waals surface area contributed by atoms with Crippen LogP contribution in [0.3, 0.4) is 0 Å². The van der Waals surface area contributed by atoms with Crippen molar-refractivity contribution in [3.05, 3.63) is 372 Å². The fourth-order valence-corrected chi connectivity index (χ4v) is 15.2. The molecule has 16 aromatic rings. The lowest BCUT2D eigenvalue weighted by Gasteiger charge is -2.35. The SMILES string of the molecule is c1ccc(N(c2ccc3c(c2)C(c2ccccc2)(c2ccccc2)c2cc4cc5c(cc4cc2-3)C(c2ccccc2)(c2ccccc2)c2cc(N(c3ccccc3)c3ccc4oc6ccccc6c4c3)ccc2-5)c2ccc3oc4ccccc4c3c2)cc1. The number of para-hydroxylation sites is 4. The Balaban J connectivity index is 0.878. The van der Waals surface area contributed by atoms with E-state index >= 15 is 0 Å². The first-order chi connectivity index (χ1) is 43.6. The van der Waals surface area contributed by atoms with Crippen LogP contribution < -0.4 is 9.80 Å². The summed E-state index contributed by atoms with van der Waals surface area (Å²) in [5.41, 5.74) is 23.2. The summed E-state index contributed by atoms with van der Waals surface area (Å²) in [7, 11) is 0. The Morgan fingerprint density at radius 2 is 0.500 bits per heavy atom. The molecule has 18 rings (SSSR count). The van der Waals surface area contributed by atoms with Gasteiger partial charge in [0.05, 0.1) is 10.8 Å². The van der Waals surface area contributed by atoms with E-state index in [1.807, 2.05) is 12.1 Å². The van der Waals surface area contributed by atoms with Gasteiger partial charge in [-0.3, -0.25) is 0 Å². The lowest BCUT2D eigenvalue weighted by Crippen LogP contribution is -2.29. The molecule has 2 aliphatic rings. The molecule has 0 saturated heterocycles. The predicted octanol–water partition coefficient (Wildman–Crippen LogP) is 22.3. The molecule has 4 heteroatoms. The Morgan fingerprint density at radius 1 is 0.205 bits per heavy atom. The quantitative estimate of drug-likeness (QED) is 0.137. The summed E-state index contributed by atoms with van der Waals surface area (Å²) in [5.74, 6) is 0. The van der Waals surface area contributed by atoms with Crippen molar-refractivity contribution in [2.45, 2.75) is 10.8 Å². The van der Waals surface area contributed by atoms with E-state index in [0.29, 0.717) is 0 Å². The second-order valence-electron chi connectivity index (χ2n) is 23.5. The maximum atomic E-state index is 6.39. The summed E-state index contributed by atoms with van der Waals surface area (Å²) in [6.07, 6.45) is 0. The molecule has 0 aliphatic heterocycles. The van der Waals surface area contributed by atoms with Gasteiger partial charge in [-0.1, -0.05) is 206 Å². The highest BCUT2D eigenvalue weighted by atomic mass is 16.3. The third kappa shape index (κ3) is 7.33. The maximum absolute atomic E-state index is 6.39. The van der Waals surface area contributed by atoms with Crippen LogP contribution in [0.1, 0.15) is 44.5 Å². The molecule has 0 spiro atoms. The Morgan fingerprint density at radius 3 is 0.875 bits per heavy atom. The molecular weight excluding hydrogens is 1070 g/mol. The zero-order chi connectivity index (χ0) is 57.9. The largest absolute Gasteiger partial charge is 0.456 e. The highest BCUT2D eigenvalue weighted by molar-refractivity contribution is 6.09. The summed E-state index contributed by atoms with van der Waals surface area (Å²) >= 11 is 0. The van der Waals surface area contributed by atoms with Crippen molar-refractivity contribution in [1.82, 2.24) is 0 Å². The molecule has 0 amide bonds. The lowest BCUT2D eigenvalue weighted by molar-refractivity contribution is 0.668. The monoisotopic (exact) mass is 1120 g/mol. The first kappa shape index (κ1) is 49.9. The van der Waals surface area contributed by atoms with Crippen LogP contribution >= 0.6 is 0 Å². The molecular formula is C84H54N2O2. The van der Waals surface area contributed by atoms with Gasteiger partial charge in [0.2, 0.25) is 0 Å². The van der Waals surface area contributed by atoms with Crippen LogP contribution in [-0.4, -0.2) is 0 Å². The van der Waals surface area contributed by atoms with E-state index in [-0.39, 0.29) is 0 Å². The molecule has 2 heterocycles. The van der Waals surface area contributed by atoms with Gasteiger partial charge in [0, 0.05) is 55.7 Å². The Bertz CT molecular complexity index is 4970. The number of rotatable bonds is 10. The van der Waals surface area contributed by atoms with Crippen LogP contribution in [0.4, 0.5) is 34.1 Å². The van der Waals surface area contributed by atoms with E-state index in [1.54, 1.807) is 0 Å². The number of hydrogen-bond donors (Lipinski definition) is 0. The van der Waals surface area contributed by atoms with Crippen molar-refractivity contribution in [3.8, 4) is 22.3 Å². The molecule has 0 fully saturated rings. The second kappa shape index (κ2) is 19.5. The number of nitrogens with zero attached hydrogens (tertiary/aromatic N) is 2. The fourth-order valence-electron chi connectivity index (χ4n) is 15.2. The van der Waals surface area contributed by atoms with Gasteiger partial charge in [0.1, 0.15) is 22.3 Å². The normalized spacial score (nSPS) is 13.4. The van der Waals surface area contributed by atoms with Crippen molar-refractivity contribution in [1.29, 1.82) is 0 Å². The number of benzene rings is 14. The van der Waals surface area contributed by atoms with Gasteiger partial charge in [-0.15, -0.1) is 0 Å². The highest BCUT2D eigenvalue weighted by Gasteiger charge is 2.49. The fraction of sp³-hybridized carbons (Fsp3) is 0.0238. The molecule has 88 heavy (non-hydrogen) atoms. The molecule has 412 valence electrons. The van der Waals surface area contributed by atoms with E-state index in [0.717, 1.165) is 78.0 Å². The zero-order valence-electron chi connectivity index (χ0n) is 47.9. The Kier molecular flexibility index (Phi) is 11.1. The summed E-state index contributed by atoms with van der Waals surface area (Å²) in [6.45, 7) is 0. The lowest BCUT2D eigenvalue weighted by atomic mass is 9.67. The van der Waals surface area contributed by atoms with Gasteiger partial charge in [0.15, 0.2) is 0 Å². The van der Waals surface area contributed by atoms with Crippen molar-refractivity contribution in [2.75, 3.05) is 9.80 Å². The van der Waals surface area contributed by atoms with Crippen molar-refractivity contribution >= 4 is 88.8 Å². The highest BCUT2D eigenvalue weighted by Crippen LogP contribution is 2.61. The first-order valence-corrected chi connectivity index (χ1v) is 30.3. The maximum Gasteiger partial charge on any atom is 0.135 e. The van der Waals surface area contributed by atoms with Crippen molar-refractivity contribution in [2.24, 2.45) is 0 Å². The van der Waals surface area contributed by atoms with Gasteiger partial charge in [-0.2, -0.15) is 0 Å². The van der Waals surface area contributed by atoms with Gasteiger partial charge >= 0.3 is 0 Å². The van der Waals surface area contributed by atoms with Crippen LogP contribution in [0.15, 0.2) is 336 Å². The summed E-state index contributed by atoms with van der Waals surface area (Å²) in [4.78, 5) is 4.81. The van der Waals surface area contributed by atoms with Gasteiger partial charge in [-0.25, -0.2) is 0 Å². The van der Waals surface area contributed by atoms with E-state index in [4.69, 9.17) is 8.83 Å². The Hall–Kier alpha value is -11.5. The van der Waals surface area contributed by atoms with Crippen LogP contribution in [-0.2, 0) is 10.8 Å². The molecule has 2 aromatic heterocycles. The standard InChI is InChI=1S/C84H54N2O2/c1-7-23-57(24-8-1)83(58-25-9-2-10-26-58)75-49-55-48-72-68-44-40-66(86(62-33-17-6-18-34-62)64-42-46-82-74(52-64)70-36-20-22-38-80(70)88-82)54-78(68)84(59-27-11-3-12-28-59,60-29-13-4-14-30-60)76(72)50-56(55)47-71(75)67-43-39-65(53-77(67)83)85(61-31-15-5-16-32-61)63-41-45-81-73(51-63)69-35-19-21-37-79(69)87-81/h1-54H. The van der Waals surface area contributed by atoms with Crippen LogP contribution in [0.5, 0.6) is 0 Å². The predicted molar refractivity (Wildman–Crippen MR) is 362 cm³/mol. The van der Waals surface area contributed by atoms with E-state index in [9.17, 15) is 0 Å². The van der Waals surface area contributed by atoms with E-state index < -0.39 is 10.8 Å². The molecule has 0 bridgehead atoms. The zero-order valence-corrected chi connectivity index (χ0v) is 47.9.